The number of carbonyl (C=O) groups is 1. The number of hydrogen-bond donors (Lipinski definition) is 2. The zero-order chi connectivity index (χ0) is 17.4. The Balaban J connectivity index is 0.00000312. The lowest BCUT2D eigenvalue weighted by molar-refractivity contribution is -0.128. The van der Waals surface area contributed by atoms with Crippen molar-refractivity contribution in [1.82, 2.24) is 20.4 Å². The Kier molecular flexibility index (Phi) is 10.1. The van der Waals surface area contributed by atoms with Gasteiger partial charge in [-0.2, -0.15) is 0 Å². The molecule has 2 aliphatic rings. The third-order valence-corrected chi connectivity index (χ3v) is 5.08. The number of amides is 1. The lowest BCUT2D eigenvalue weighted by atomic mass is 9.98. The molecule has 25 heavy (non-hydrogen) atoms. The third-order valence-electron chi connectivity index (χ3n) is 5.08. The van der Waals surface area contributed by atoms with Gasteiger partial charge in [-0.25, -0.2) is 4.99 Å². The van der Waals surface area contributed by atoms with E-state index in [1.54, 1.807) is 0 Å². The van der Waals surface area contributed by atoms with Crippen LogP contribution in [0.3, 0.4) is 0 Å². The number of piperidine rings is 1. The number of rotatable bonds is 6. The van der Waals surface area contributed by atoms with E-state index in [0.29, 0.717) is 0 Å². The summed E-state index contributed by atoms with van der Waals surface area (Å²) in [4.78, 5) is 21.1. The van der Waals surface area contributed by atoms with Crippen molar-refractivity contribution in [1.29, 1.82) is 0 Å². The second kappa shape index (κ2) is 11.2. The molecule has 2 N–H and O–H groups in total. The Labute approximate surface area is 170 Å². The average Bonchev–Trinajstić information content (AvgIpc) is 3.12. The fourth-order valence-corrected chi connectivity index (χ4v) is 3.47. The van der Waals surface area contributed by atoms with Crippen molar-refractivity contribution < 1.29 is 4.79 Å². The van der Waals surface area contributed by atoms with E-state index >= 15 is 0 Å². The highest BCUT2D eigenvalue weighted by atomic mass is 127. The van der Waals surface area contributed by atoms with Crippen LogP contribution in [0.1, 0.15) is 52.9 Å². The highest BCUT2D eigenvalue weighted by Crippen LogP contribution is 2.19. The maximum absolute atomic E-state index is 12.2. The molecule has 6 nitrogen and oxygen atoms in total. The SMILES string of the molecule is CCNC(=NCC(=O)N1CCCC1)NCC(C)(C)N1CCCCC1.I. The zero-order valence-electron chi connectivity index (χ0n) is 16.1. The topological polar surface area (TPSA) is 60.0 Å². The van der Waals surface area contributed by atoms with Crippen LogP contribution in [0.15, 0.2) is 4.99 Å². The smallest absolute Gasteiger partial charge is 0.244 e. The van der Waals surface area contributed by atoms with Gasteiger partial charge in [-0.3, -0.25) is 9.69 Å². The van der Waals surface area contributed by atoms with Gasteiger partial charge in [-0.05, 0) is 59.5 Å². The Hall–Kier alpha value is -0.570. The fourth-order valence-electron chi connectivity index (χ4n) is 3.47. The summed E-state index contributed by atoms with van der Waals surface area (Å²) < 4.78 is 0. The number of halogens is 1. The molecule has 2 aliphatic heterocycles. The van der Waals surface area contributed by atoms with Crippen molar-refractivity contribution in [3.63, 3.8) is 0 Å². The minimum Gasteiger partial charge on any atom is -0.357 e. The summed E-state index contributed by atoms with van der Waals surface area (Å²) in [7, 11) is 0. The molecule has 2 heterocycles. The standard InChI is InChI=1S/C18H35N5O.HI/c1-4-19-17(20-14-16(24)22-10-8-9-11-22)21-15-18(2,3)23-12-6-5-7-13-23;/h4-15H2,1-3H3,(H2,19,20,21);1H. The van der Waals surface area contributed by atoms with Crippen LogP contribution in [-0.2, 0) is 4.79 Å². The first-order chi connectivity index (χ1) is 11.5. The van der Waals surface area contributed by atoms with Crippen molar-refractivity contribution in [2.24, 2.45) is 4.99 Å². The van der Waals surface area contributed by atoms with Gasteiger partial charge in [0.25, 0.3) is 0 Å². The van der Waals surface area contributed by atoms with Gasteiger partial charge < -0.3 is 15.5 Å². The molecule has 0 atom stereocenters. The van der Waals surface area contributed by atoms with Crippen molar-refractivity contribution in [2.75, 3.05) is 45.8 Å². The van der Waals surface area contributed by atoms with E-state index in [1.165, 1.54) is 32.4 Å². The lowest BCUT2D eigenvalue weighted by Crippen LogP contribution is -2.55. The van der Waals surface area contributed by atoms with Gasteiger partial charge in [0.15, 0.2) is 5.96 Å². The van der Waals surface area contributed by atoms with E-state index in [2.05, 4.69) is 41.3 Å². The van der Waals surface area contributed by atoms with Gasteiger partial charge in [0.1, 0.15) is 6.54 Å². The first-order valence-corrected chi connectivity index (χ1v) is 9.58. The van der Waals surface area contributed by atoms with E-state index < -0.39 is 0 Å². The third kappa shape index (κ3) is 7.29. The van der Waals surface area contributed by atoms with E-state index in [1.807, 2.05) is 4.90 Å². The maximum atomic E-state index is 12.2. The van der Waals surface area contributed by atoms with Crippen LogP contribution in [0.2, 0.25) is 0 Å². The first-order valence-electron chi connectivity index (χ1n) is 9.58. The molecule has 0 aliphatic carbocycles. The quantitative estimate of drug-likeness (QED) is 0.358. The Morgan fingerprint density at radius 3 is 2.20 bits per heavy atom. The van der Waals surface area contributed by atoms with Crippen LogP contribution < -0.4 is 10.6 Å². The van der Waals surface area contributed by atoms with Gasteiger partial charge >= 0.3 is 0 Å². The van der Waals surface area contributed by atoms with Crippen molar-refractivity contribution in [2.45, 2.75) is 58.4 Å². The summed E-state index contributed by atoms with van der Waals surface area (Å²) >= 11 is 0. The normalized spacial score (nSPS) is 19.5. The van der Waals surface area contributed by atoms with Gasteiger partial charge in [-0.1, -0.05) is 6.42 Å². The van der Waals surface area contributed by atoms with Crippen LogP contribution >= 0.6 is 24.0 Å². The summed E-state index contributed by atoms with van der Waals surface area (Å²) in [6, 6.07) is 0. The summed E-state index contributed by atoms with van der Waals surface area (Å²) in [6.45, 7) is 12.6. The summed E-state index contributed by atoms with van der Waals surface area (Å²) in [5.74, 6) is 0.884. The molecule has 0 radical (unpaired) electrons. The van der Waals surface area contributed by atoms with Crippen LogP contribution in [0.25, 0.3) is 0 Å². The molecule has 2 rings (SSSR count). The molecule has 1 amide bonds. The van der Waals surface area contributed by atoms with Crippen LogP contribution in [-0.4, -0.2) is 73.0 Å². The molecule has 146 valence electrons. The van der Waals surface area contributed by atoms with Gasteiger partial charge in [0, 0.05) is 31.7 Å². The van der Waals surface area contributed by atoms with E-state index in [4.69, 9.17) is 0 Å². The molecular weight excluding hydrogens is 429 g/mol. The number of aliphatic imine (C=N–C) groups is 1. The van der Waals surface area contributed by atoms with E-state index in [9.17, 15) is 4.79 Å². The molecule has 2 saturated heterocycles. The van der Waals surface area contributed by atoms with E-state index in [-0.39, 0.29) is 42.0 Å². The Bertz CT molecular complexity index is 429. The Morgan fingerprint density at radius 2 is 1.60 bits per heavy atom. The van der Waals surface area contributed by atoms with Gasteiger partial charge in [0.05, 0.1) is 0 Å². The fraction of sp³-hybridized carbons (Fsp3) is 0.889. The minimum atomic E-state index is 0. The van der Waals surface area contributed by atoms with Crippen molar-refractivity contribution >= 4 is 35.8 Å². The van der Waals surface area contributed by atoms with E-state index in [0.717, 1.165) is 45.0 Å². The molecule has 0 spiro atoms. The summed E-state index contributed by atoms with van der Waals surface area (Å²) in [5.41, 5.74) is 0.0928. The van der Waals surface area contributed by atoms with Crippen LogP contribution in [0.5, 0.6) is 0 Å². The predicted molar refractivity (Wildman–Crippen MR) is 115 cm³/mol. The number of guanidine groups is 1. The molecule has 0 unspecified atom stereocenters. The predicted octanol–water partition coefficient (Wildman–Crippen LogP) is 2.05. The molecule has 0 aromatic rings. The monoisotopic (exact) mass is 465 g/mol. The lowest BCUT2D eigenvalue weighted by Gasteiger charge is -2.41. The summed E-state index contributed by atoms with van der Waals surface area (Å²) in [5, 5.41) is 6.68. The highest BCUT2D eigenvalue weighted by Gasteiger charge is 2.28. The molecule has 0 bridgehead atoms. The zero-order valence-corrected chi connectivity index (χ0v) is 18.5. The van der Waals surface area contributed by atoms with Crippen LogP contribution in [0.4, 0.5) is 0 Å². The summed E-state index contributed by atoms with van der Waals surface area (Å²) in [6.07, 6.45) is 6.18. The number of nitrogens with one attached hydrogen (secondary N) is 2. The number of carbonyl (C=O) groups excluding carboxylic acids is 1. The first kappa shape index (κ1) is 22.5. The number of likely N-dealkylation sites (tertiary alicyclic amines) is 2. The second-order valence-electron chi connectivity index (χ2n) is 7.50. The van der Waals surface area contributed by atoms with Crippen LogP contribution in [0, 0.1) is 0 Å². The van der Waals surface area contributed by atoms with Gasteiger partial charge in [-0.15, -0.1) is 24.0 Å². The van der Waals surface area contributed by atoms with Crippen molar-refractivity contribution in [3.8, 4) is 0 Å². The second-order valence-corrected chi connectivity index (χ2v) is 7.50. The number of nitrogens with zero attached hydrogens (tertiary/aromatic N) is 3. The molecule has 0 aromatic carbocycles. The molecule has 2 fully saturated rings. The molecule has 7 heteroatoms. The Morgan fingerprint density at radius 1 is 1.00 bits per heavy atom. The highest BCUT2D eigenvalue weighted by molar-refractivity contribution is 14.0. The van der Waals surface area contributed by atoms with Crippen molar-refractivity contribution in [3.05, 3.63) is 0 Å². The molecular formula is C18H36IN5O. The average molecular weight is 465 g/mol. The minimum absolute atomic E-state index is 0. The molecule has 0 saturated carbocycles. The number of hydrogen-bond acceptors (Lipinski definition) is 3. The van der Waals surface area contributed by atoms with Gasteiger partial charge in [0.2, 0.25) is 5.91 Å². The largest absolute Gasteiger partial charge is 0.357 e. The molecule has 0 aromatic heterocycles. The maximum Gasteiger partial charge on any atom is 0.244 e.